The fraction of sp³-hybridized carbons (Fsp3) is 0.286. The summed E-state index contributed by atoms with van der Waals surface area (Å²) in [6.45, 7) is 3.49. The first-order chi connectivity index (χ1) is 13.4. The molecule has 1 aromatic heterocycles. The second kappa shape index (κ2) is 8.67. The number of carbonyl (C=O) groups excluding carboxylic acids is 2. The molecule has 0 unspecified atom stereocenters. The Morgan fingerprint density at radius 3 is 2.57 bits per heavy atom. The van der Waals surface area contributed by atoms with Gasteiger partial charge in [-0.2, -0.15) is 5.10 Å². The Labute approximate surface area is 164 Å². The highest BCUT2D eigenvalue weighted by Gasteiger charge is 2.13. The van der Waals surface area contributed by atoms with Crippen LogP contribution in [0.4, 0.5) is 5.82 Å². The maximum Gasteiger partial charge on any atom is 0.257 e. The van der Waals surface area contributed by atoms with Gasteiger partial charge in [-0.05, 0) is 43.4 Å². The minimum Gasteiger partial charge on any atom is -0.353 e. The van der Waals surface area contributed by atoms with Gasteiger partial charge in [0.1, 0.15) is 6.54 Å². The summed E-state index contributed by atoms with van der Waals surface area (Å²) in [7, 11) is 3.90. The molecular formula is C21H25N5O2. The molecule has 7 nitrogen and oxygen atoms in total. The van der Waals surface area contributed by atoms with Gasteiger partial charge in [0.05, 0.1) is 0 Å². The number of benzene rings is 2. The van der Waals surface area contributed by atoms with E-state index in [0.717, 1.165) is 22.9 Å². The van der Waals surface area contributed by atoms with Gasteiger partial charge >= 0.3 is 0 Å². The summed E-state index contributed by atoms with van der Waals surface area (Å²) in [6, 6.07) is 13.3. The van der Waals surface area contributed by atoms with E-state index in [9.17, 15) is 9.59 Å². The number of hydrogen-bond acceptors (Lipinski definition) is 4. The Bertz CT molecular complexity index is 993. The second-order valence-electron chi connectivity index (χ2n) is 6.98. The second-order valence-corrected chi connectivity index (χ2v) is 6.98. The fourth-order valence-electron chi connectivity index (χ4n) is 2.97. The molecule has 0 radical (unpaired) electrons. The number of likely N-dealkylation sites (N-methyl/N-ethyl adjacent to an activating group) is 1. The molecule has 2 N–H and O–H groups in total. The van der Waals surface area contributed by atoms with Crippen molar-refractivity contribution in [2.45, 2.75) is 13.5 Å². The van der Waals surface area contributed by atoms with Crippen molar-refractivity contribution in [3.63, 3.8) is 0 Å². The molecule has 2 aromatic carbocycles. The largest absolute Gasteiger partial charge is 0.353 e. The molecule has 0 bridgehead atoms. The Morgan fingerprint density at radius 2 is 1.82 bits per heavy atom. The van der Waals surface area contributed by atoms with Crippen LogP contribution in [0.1, 0.15) is 15.9 Å². The first-order valence-corrected chi connectivity index (χ1v) is 9.18. The lowest BCUT2D eigenvalue weighted by atomic mass is 10.00. The lowest BCUT2D eigenvalue weighted by molar-refractivity contribution is -0.121. The van der Waals surface area contributed by atoms with Gasteiger partial charge in [0, 0.05) is 30.9 Å². The van der Waals surface area contributed by atoms with Crippen molar-refractivity contribution in [1.29, 1.82) is 0 Å². The van der Waals surface area contributed by atoms with Crippen LogP contribution < -0.4 is 10.6 Å². The molecule has 7 heteroatoms. The predicted octanol–water partition coefficient (Wildman–Crippen LogP) is 2.27. The molecule has 1 heterocycles. The van der Waals surface area contributed by atoms with E-state index in [4.69, 9.17) is 0 Å². The summed E-state index contributed by atoms with van der Waals surface area (Å²) in [6.07, 6.45) is 1.67. The predicted molar refractivity (Wildman–Crippen MR) is 110 cm³/mol. The Kier molecular flexibility index (Phi) is 6.06. The average molecular weight is 379 g/mol. The molecule has 0 aliphatic rings. The van der Waals surface area contributed by atoms with E-state index in [2.05, 4.69) is 15.7 Å². The fourth-order valence-corrected chi connectivity index (χ4v) is 2.97. The number of nitrogens with zero attached hydrogens (tertiary/aromatic N) is 3. The minimum atomic E-state index is -0.225. The zero-order chi connectivity index (χ0) is 20.1. The van der Waals surface area contributed by atoms with Crippen molar-refractivity contribution in [2.24, 2.45) is 0 Å². The van der Waals surface area contributed by atoms with Gasteiger partial charge in [0.15, 0.2) is 5.82 Å². The van der Waals surface area contributed by atoms with Crippen molar-refractivity contribution in [3.05, 3.63) is 59.8 Å². The van der Waals surface area contributed by atoms with E-state index < -0.39 is 0 Å². The van der Waals surface area contributed by atoms with Crippen LogP contribution in [0.25, 0.3) is 10.8 Å². The van der Waals surface area contributed by atoms with E-state index in [1.54, 1.807) is 12.3 Å². The first-order valence-electron chi connectivity index (χ1n) is 9.18. The van der Waals surface area contributed by atoms with Crippen LogP contribution >= 0.6 is 0 Å². The van der Waals surface area contributed by atoms with E-state index in [0.29, 0.717) is 17.9 Å². The van der Waals surface area contributed by atoms with Crippen molar-refractivity contribution in [3.8, 4) is 0 Å². The average Bonchev–Trinajstić information content (AvgIpc) is 3.08. The van der Waals surface area contributed by atoms with E-state index in [1.165, 1.54) is 4.68 Å². The van der Waals surface area contributed by atoms with E-state index in [-0.39, 0.29) is 18.4 Å². The topological polar surface area (TPSA) is 79.3 Å². The van der Waals surface area contributed by atoms with Gasteiger partial charge in [-0.15, -0.1) is 0 Å². The van der Waals surface area contributed by atoms with Crippen LogP contribution in [0, 0.1) is 6.92 Å². The van der Waals surface area contributed by atoms with E-state index >= 15 is 0 Å². The van der Waals surface area contributed by atoms with Crippen LogP contribution in [-0.4, -0.2) is 53.7 Å². The number of carbonyl (C=O) groups is 2. The SMILES string of the molecule is Cc1ccc(C(=O)Nc2ccn(CC(=O)NCCN(C)C)n2)c2ccccc12. The van der Waals surface area contributed by atoms with Crippen LogP contribution in [0.3, 0.4) is 0 Å². The molecule has 0 atom stereocenters. The number of anilines is 1. The zero-order valence-corrected chi connectivity index (χ0v) is 16.4. The van der Waals surface area contributed by atoms with Crippen molar-refractivity contribution < 1.29 is 9.59 Å². The maximum absolute atomic E-state index is 12.7. The molecule has 28 heavy (non-hydrogen) atoms. The lowest BCUT2D eigenvalue weighted by Gasteiger charge is -2.10. The number of nitrogens with one attached hydrogen (secondary N) is 2. The Hall–Kier alpha value is -3.19. The number of rotatable bonds is 7. The number of fused-ring (bicyclic) bond motifs is 1. The number of amides is 2. The molecule has 3 rings (SSSR count). The first kappa shape index (κ1) is 19.6. The summed E-state index contributed by atoms with van der Waals surface area (Å²) < 4.78 is 1.51. The van der Waals surface area contributed by atoms with E-state index in [1.807, 2.05) is 62.3 Å². The zero-order valence-electron chi connectivity index (χ0n) is 16.4. The van der Waals surface area contributed by atoms with Crippen molar-refractivity contribution in [1.82, 2.24) is 20.0 Å². The molecule has 3 aromatic rings. The van der Waals surface area contributed by atoms with Gasteiger partial charge < -0.3 is 15.5 Å². The number of aryl methyl sites for hydroxylation is 1. The smallest absolute Gasteiger partial charge is 0.257 e. The third-order valence-corrected chi connectivity index (χ3v) is 4.46. The molecular weight excluding hydrogens is 354 g/mol. The van der Waals surface area contributed by atoms with Crippen LogP contribution in [0.5, 0.6) is 0 Å². The highest BCUT2D eigenvalue weighted by atomic mass is 16.2. The highest BCUT2D eigenvalue weighted by molar-refractivity contribution is 6.13. The molecule has 0 aliphatic carbocycles. The molecule has 0 fully saturated rings. The third-order valence-electron chi connectivity index (χ3n) is 4.46. The molecule has 0 saturated carbocycles. The lowest BCUT2D eigenvalue weighted by Crippen LogP contribution is -2.33. The summed E-state index contributed by atoms with van der Waals surface area (Å²) in [4.78, 5) is 26.7. The highest BCUT2D eigenvalue weighted by Crippen LogP contribution is 2.23. The third kappa shape index (κ3) is 4.75. The van der Waals surface area contributed by atoms with Gasteiger partial charge in [-0.25, -0.2) is 0 Å². The summed E-state index contributed by atoms with van der Waals surface area (Å²) in [5, 5.41) is 11.9. The molecule has 0 saturated heterocycles. The van der Waals surface area contributed by atoms with Crippen LogP contribution in [0.15, 0.2) is 48.7 Å². The Morgan fingerprint density at radius 1 is 1.07 bits per heavy atom. The van der Waals surface area contributed by atoms with Crippen LogP contribution in [0.2, 0.25) is 0 Å². The molecule has 2 amide bonds. The summed E-state index contributed by atoms with van der Waals surface area (Å²) in [5.74, 6) is 0.0694. The minimum absolute atomic E-state index is 0.108. The Balaban J connectivity index is 1.65. The molecule has 0 aliphatic heterocycles. The number of hydrogen-bond donors (Lipinski definition) is 2. The molecule has 146 valence electrons. The van der Waals surface area contributed by atoms with Gasteiger partial charge in [0.25, 0.3) is 5.91 Å². The molecule has 0 spiro atoms. The maximum atomic E-state index is 12.7. The van der Waals surface area contributed by atoms with Gasteiger partial charge in [0.2, 0.25) is 5.91 Å². The summed E-state index contributed by atoms with van der Waals surface area (Å²) in [5.41, 5.74) is 1.72. The van der Waals surface area contributed by atoms with Crippen LogP contribution in [-0.2, 0) is 11.3 Å². The van der Waals surface area contributed by atoms with Crippen molar-refractivity contribution >= 4 is 28.4 Å². The summed E-state index contributed by atoms with van der Waals surface area (Å²) >= 11 is 0. The number of aromatic nitrogens is 2. The van der Waals surface area contributed by atoms with Gasteiger partial charge in [-0.1, -0.05) is 30.3 Å². The van der Waals surface area contributed by atoms with Gasteiger partial charge in [-0.3, -0.25) is 14.3 Å². The monoisotopic (exact) mass is 379 g/mol. The standard InChI is InChI=1S/C21H25N5O2/c1-15-8-9-18(17-7-5-4-6-16(15)17)21(28)23-19-10-12-26(24-19)14-20(27)22-11-13-25(2)3/h4-10,12H,11,13-14H2,1-3H3,(H,22,27)(H,23,24,28). The van der Waals surface area contributed by atoms with Crippen molar-refractivity contribution in [2.75, 3.05) is 32.5 Å². The quantitative estimate of drug-likeness (QED) is 0.660. The normalized spacial score (nSPS) is 11.0.